The largest absolute Gasteiger partial charge is 0.393 e. The lowest BCUT2D eigenvalue weighted by Crippen LogP contribution is -2.06. The number of ether oxygens (including phenoxy) is 1. The molecule has 1 unspecified atom stereocenters. The zero-order chi connectivity index (χ0) is 10.1. The molecule has 1 fully saturated rings. The first-order valence-electron chi connectivity index (χ1n) is 4.17. The van der Waals surface area contributed by atoms with Crippen molar-refractivity contribution in [2.45, 2.75) is 12.3 Å². The Morgan fingerprint density at radius 2 is 2.00 bits per heavy atom. The molecule has 1 aromatic rings. The second-order valence-corrected chi connectivity index (χ2v) is 4.23. The Bertz CT molecular complexity index is 400. The summed E-state index contributed by atoms with van der Waals surface area (Å²) in [6.07, 6.45) is 0.166. The molecular formula is C10H7IO3. The van der Waals surface area contributed by atoms with E-state index in [4.69, 9.17) is 0 Å². The van der Waals surface area contributed by atoms with Crippen LogP contribution in [0.2, 0.25) is 0 Å². The molecule has 0 amide bonds. The third-order valence-corrected chi connectivity index (χ3v) is 3.13. The zero-order valence-corrected chi connectivity index (χ0v) is 9.35. The maximum atomic E-state index is 11.3. The third-order valence-electron chi connectivity index (χ3n) is 2.15. The Morgan fingerprint density at radius 1 is 1.29 bits per heavy atom. The monoisotopic (exact) mass is 302 g/mol. The minimum Gasteiger partial charge on any atom is -0.393 e. The predicted octanol–water partition coefficient (Wildman–Crippen LogP) is 1.85. The van der Waals surface area contributed by atoms with Crippen LogP contribution in [0, 0.1) is 3.57 Å². The quantitative estimate of drug-likeness (QED) is 0.452. The summed E-state index contributed by atoms with van der Waals surface area (Å²) < 4.78 is 5.49. The number of cyclic esters (lactones) is 2. The lowest BCUT2D eigenvalue weighted by molar-refractivity contribution is -0.152. The van der Waals surface area contributed by atoms with Crippen molar-refractivity contribution in [3.63, 3.8) is 0 Å². The summed E-state index contributed by atoms with van der Waals surface area (Å²) >= 11 is 2.15. The second kappa shape index (κ2) is 3.68. The highest BCUT2D eigenvalue weighted by Crippen LogP contribution is 2.30. The van der Waals surface area contributed by atoms with Crippen molar-refractivity contribution >= 4 is 34.5 Å². The van der Waals surface area contributed by atoms with Gasteiger partial charge >= 0.3 is 11.9 Å². The molecule has 0 bridgehead atoms. The van der Waals surface area contributed by atoms with Gasteiger partial charge < -0.3 is 4.74 Å². The van der Waals surface area contributed by atoms with Gasteiger partial charge in [-0.25, -0.2) is 0 Å². The summed E-state index contributed by atoms with van der Waals surface area (Å²) in [7, 11) is 0. The van der Waals surface area contributed by atoms with E-state index in [1.807, 2.05) is 24.3 Å². The Hall–Kier alpha value is -0.910. The van der Waals surface area contributed by atoms with E-state index in [-0.39, 0.29) is 6.42 Å². The van der Waals surface area contributed by atoms with Gasteiger partial charge in [-0.15, -0.1) is 0 Å². The lowest BCUT2D eigenvalue weighted by atomic mass is 9.98. The Labute approximate surface area is 94.6 Å². The summed E-state index contributed by atoms with van der Waals surface area (Å²) in [6.45, 7) is 0. The molecule has 1 aromatic carbocycles. The fourth-order valence-corrected chi connectivity index (χ4v) is 2.23. The van der Waals surface area contributed by atoms with Crippen molar-refractivity contribution in [2.24, 2.45) is 0 Å². The number of hydrogen-bond donors (Lipinski definition) is 0. The van der Waals surface area contributed by atoms with E-state index in [0.29, 0.717) is 0 Å². The van der Waals surface area contributed by atoms with Crippen LogP contribution in [0.3, 0.4) is 0 Å². The van der Waals surface area contributed by atoms with E-state index in [2.05, 4.69) is 27.3 Å². The van der Waals surface area contributed by atoms with Gasteiger partial charge in [-0.2, -0.15) is 0 Å². The smallest absolute Gasteiger partial charge is 0.321 e. The Morgan fingerprint density at radius 3 is 2.57 bits per heavy atom. The summed E-state index contributed by atoms with van der Waals surface area (Å²) in [5.74, 6) is -1.27. The molecule has 1 saturated heterocycles. The molecule has 4 heteroatoms. The number of benzene rings is 1. The topological polar surface area (TPSA) is 43.4 Å². The standard InChI is InChI=1S/C10H7IO3/c11-8-4-2-1-3-6(8)7-5-9(12)14-10(7)13/h1-4,7H,5H2. The van der Waals surface area contributed by atoms with E-state index in [1.165, 1.54) is 0 Å². The second-order valence-electron chi connectivity index (χ2n) is 3.07. The molecule has 1 aliphatic rings. The summed E-state index contributed by atoms with van der Waals surface area (Å²) in [5, 5.41) is 0. The number of hydrogen-bond acceptors (Lipinski definition) is 3. The van der Waals surface area contributed by atoms with Crippen LogP contribution in [0.4, 0.5) is 0 Å². The molecule has 0 aromatic heterocycles. The van der Waals surface area contributed by atoms with E-state index in [9.17, 15) is 9.59 Å². The van der Waals surface area contributed by atoms with Crippen molar-refractivity contribution in [2.75, 3.05) is 0 Å². The van der Waals surface area contributed by atoms with Gasteiger partial charge in [0.15, 0.2) is 0 Å². The zero-order valence-electron chi connectivity index (χ0n) is 7.20. The van der Waals surface area contributed by atoms with Crippen LogP contribution in [0.1, 0.15) is 17.9 Å². The first-order chi connectivity index (χ1) is 6.68. The van der Waals surface area contributed by atoms with Crippen molar-refractivity contribution in [3.8, 4) is 0 Å². The lowest BCUT2D eigenvalue weighted by Gasteiger charge is -2.06. The molecule has 1 atom stereocenters. The Kier molecular flexibility index (Phi) is 2.54. The van der Waals surface area contributed by atoms with E-state index >= 15 is 0 Å². The molecule has 3 nitrogen and oxygen atoms in total. The van der Waals surface area contributed by atoms with Crippen LogP contribution in [0.5, 0.6) is 0 Å². The summed E-state index contributed by atoms with van der Waals surface area (Å²) in [4.78, 5) is 22.2. The molecule has 1 aliphatic heterocycles. The molecular weight excluding hydrogens is 295 g/mol. The normalized spacial score (nSPS) is 21.1. The number of rotatable bonds is 1. The van der Waals surface area contributed by atoms with Crippen molar-refractivity contribution < 1.29 is 14.3 Å². The van der Waals surface area contributed by atoms with Gasteiger partial charge in [0, 0.05) is 3.57 Å². The average Bonchev–Trinajstić information content (AvgIpc) is 2.46. The van der Waals surface area contributed by atoms with Gasteiger partial charge in [-0.05, 0) is 34.2 Å². The Balaban J connectivity index is 2.36. The molecule has 0 radical (unpaired) electrons. The number of halogens is 1. The van der Waals surface area contributed by atoms with Crippen LogP contribution < -0.4 is 0 Å². The van der Waals surface area contributed by atoms with Crippen LogP contribution in [0.25, 0.3) is 0 Å². The highest BCUT2D eigenvalue weighted by atomic mass is 127. The van der Waals surface area contributed by atoms with Crippen LogP contribution >= 0.6 is 22.6 Å². The van der Waals surface area contributed by atoms with Gasteiger partial charge in [0.2, 0.25) is 0 Å². The van der Waals surface area contributed by atoms with Gasteiger partial charge in [-0.1, -0.05) is 18.2 Å². The molecule has 0 aliphatic carbocycles. The SMILES string of the molecule is O=C1CC(c2ccccc2I)C(=O)O1. The highest BCUT2D eigenvalue weighted by molar-refractivity contribution is 14.1. The first-order valence-corrected chi connectivity index (χ1v) is 5.25. The number of esters is 2. The maximum Gasteiger partial charge on any atom is 0.321 e. The molecule has 0 N–H and O–H groups in total. The molecule has 14 heavy (non-hydrogen) atoms. The van der Waals surface area contributed by atoms with Crippen molar-refractivity contribution in [1.29, 1.82) is 0 Å². The van der Waals surface area contributed by atoms with Crippen LogP contribution in [-0.2, 0) is 14.3 Å². The van der Waals surface area contributed by atoms with E-state index in [0.717, 1.165) is 9.13 Å². The first kappa shape index (κ1) is 9.64. The fourth-order valence-electron chi connectivity index (χ4n) is 1.47. The van der Waals surface area contributed by atoms with Crippen LogP contribution in [0.15, 0.2) is 24.3 Å². The minimum absolute atomic E-state index is 0.166. The maximum absolute atomic E-state index is 11.3. The molecule has 2 rings (SSSR count). The average molecular weight is 302 g/mol. The number of carbonyl (C=O) groups excluding carboxylic acids is 2. The minimum atomic E-state index is -0.431. The molecule has 1 heterocycles. The van der Waals surface area contributed by atoms with Gasteiger partial charge in [0.05, 0.1) is 12.3 Å². The number of carbonyl (C=O) groups is 2. The van der Waals surface area contributed by atoms with Crippen LogP contribution in [-0.4, -0.2) is 11.9 Å². The third kappa shape index (κ3) is 1.66. The van der Waals surface area contributed by atoms with E-state index < -0.39 is 17.9 Å². The molecule has 0 saturated carbocycles. The predicted molar refractivity (Wildman–Crippen MR) is 57.6 cm³/mol. The summed E-state index contributed by atoms with van der Waals surface area (Å²) in [6, 6.07) is 7.51. The van der Waals surface area contributed by atoms with Gasteiger partial charge in [0.1, 0.15) is 0 Å². The van der Waals surface area contributed by atoms with Crippen molar-refractivity contribution in [1.82, 2.24) is 0 Å². The van der Waals surface area contributed by atoms with Gasteiger partial charge in [0.25, 0.3) is 0 Å². The van der Waals surface area contributed by atoms with Crippen molar-refractivity contribution in [3.05, 3.63) is 33.4 Å². The summed E-state index contributed by atoms with van der Waals surface area (Å²) in [5.41, 5.74) is 0.879. The van der Waals surface area contributed by atoms with Gasteiger partial charge in [-0.3, -0.25) is 9.59 Å². The highest BCUT2D eigenvalue weighted by Gasteiger charge is 2.35. The molecule has 72 valence electrons. The van der Waals surface area contributed by atoms with E-state index in [1.54, 1.807) is 0 Å². The fraction of sp³-hybridized carbons (Fsp3) is 0.200. The molecule has 0 spiro atoms.